The molecule has 0 spiro atoms. The lowest BCUT2D eigenvalue weighted by Crippen LogP contribution is -2.10. The van der Waals surface area contributed by atoms with E-state index in [-0.39, 0.29) is 22.6 Å². The molecule has 0 radical (unpaired) electrons. The molecule has 0 N–H and O–H groups in total. The van der Waals surface area contributed by atoms with Crippen LogP contribution >= 0.6 is 23.2 Å². The average molecular weight is 335 g/mol. The van der Waals surface area contributed by atoms with Gasteiger partial charge >= 0.3 is 6.18 Å². The van der Waals surface area contributed by atoms with Gasteiger partial charge in [0.15, 0.2) is 0 Å². The lowest BCUT2D eigenvalue weighted by Gasteiger charge is -2.10. The van der Waals surface area contributed by atoms with E-state index in [9.17, 15) is 13.2 Å². The highest BCUT2D eigenvalue weighted by Gasteiger charge is 2.27. The van der Waals surface area contributed by atoms with Crippen molar-refractivity contribution in [3.63, 3.8) is 0 Å². The molecule has 2 nitrogen and oxygen atoms in total. The monoisotopic (exact) mass is 334 g/mol. The molecule has 0 unspecified atom stereocenters. The van der Waals surface area contributed by atoms with Crippen LogP contribution in [0.1, 0.15) is 17.8 Å². The maximum absolute atomic E-state index is 12.2. The molecular formula is C14H11Cl2F3N2. The van der Waals surface area contributed by atoms with Gasteiger partial charge in [-0.25, -0.2) is 9.97 Å². The van der Waals surface area contributed by atoms with Gasteiger partial charge in [-0.1, -0.05) is 53.0 Å². The summed E-state index contributed by atoms with van der Waals surface area (Å²) < 4.78 is 36.6. The number of aromatic nitrogens is 2. The van der Waals surface area contributed by atoms with Crippen molar-refractivity contribution in [1.82, 2.24) is 9.97 Å². The van der Waals surface area contributed by atoms with Crippen molar-refractivity contribution >= 4 is 23.2 Å². The van der Waals surface area contributed by atoms with E-state index in [4.69, 9.17) is 23.2 Å². The van der Waals surface area contributed by atoms with Gasteiger partial charge in [0.25, 0.3) is 0 Å². The summed E-state index contributed by atoms with van der Waals surface area (Å²) >= 11 is 12.1. The van der Waals surface area contributed by atoms with E-state index in [2.05, 4.69) is 9.97 Å². The van der Waals surface area contributed by atoms with Gasteiger partial charge in [-0.15, -0.1) is 0 Å². The summed E-state index contributed by atoms with van der Waals surface area (Å²) in [6.07, 6.45) is -5.63. The molecule has 112 valence electrons. The zero-order valence-corrected chi connectivity index (χ0v) is 12.5. The highest BCUT2D eigenvalue weighted by molar-refractivity contribution is 6.37. The molecule has 21 heavy (non-hydrogen) atoms. The Balaban J connectivity index is 2.34. The lowest BCUT2D eigenvalue weighted by molar-refractivity contribution is -0.134. The standard InChI is InChI=1S/C14H11Cl2F3N2/c1-8-3-2-4-9(7-8)11-12(15)20-10(21-13(11)16)5-6-14(17,18)19/h2-4,7H,5-6H2,1H3. The lowest BCUT2D eigenvalue weighted by atomic mass is 10.1. The molecule has 0 atom stereocenters. The fourth-order valence-electron chi connectivity index (χ4n) is 1.85. The third-order valence-electron chi connectivity index (χ3n) is 2.81. The SMILES string of the molecule is Cc1cccc(-c2c(Cl)nc(CCC(F)(F)F)nc2Cl)c1. The summed E-state index contributed by atoms with van der Waals surface area (Å²) in [7, 11) is 0. The van der Waals surface area contributed by atoms with Gasteiger partial charge in [-0.2, -0.15) is 13.2 Å². The Morgan fingerprint density at radius 3 is 2.24 bits per heavy atom. The Labute approximate surface area is 129 Å². The summed E-state index contributed by atoms with van der Waals surface area (Å²) in [5.74, 6) is -0.0151. The third-order valence-corrected chi connectivity index (χ3v) is 3.35. The molecule has 2 aromatic rings. The maximum atomic E-state index is 12.2. The van der Waals surface area contributed by atoms with Gasteiger partial charge in [0.2, 0.25) is 0 Å². The minimum absolute atomic E-state index is 0.0151. The van der Waals surface area contributed by atoms with E-state index >= 15 is 0 Å². The number of benzene rings is 1. The quantitative estimate of drug-likeness (QED) is 0.716. The zero-order chi connectivity index (χ0) is 15.6. The highest BCUT2D eigenvalue weighted by atomic mass is 35.5. The number of alkyl halides is 3. The predicted octanol–water partition coefficient (Wildman–Crippen LogP) is 5.25. The molecule has 0 saturated carbocycles. The summed E-state index contributed by atoms with van der Waals surface area (Å²) in [6.45, 7) is 1.91. The molecule has 1 heterocycles. The van der Waals surface area contributed by atoms with Crippen LogP contribution in [0.15, 0.2) is 24.3 Å². The first-order valence-corrected chi connectivity index (χ1v) is 6.87. The second-order valence-electron chi connectivity index (χ2n) is 4.58. The molecule has 0 aliphatic carbocycles. The second kappa shape index (κ2) is 6.20. The summed E-state index contributed by atoms with van der Waals surface area (Å²) in [4.78, 5) is 7.83. The number of halogens is 5. The molecule has 0 aliphatic rings. The number of rotatable bonds is 3. The Hall–Kier alpha value is -1.33. The summed E-state index contributed by atoms with van der Waals surface area (Å²) in [5, 5.41) is 0.107. The number of aryl methyl sites for hydroxylation is 2. The Kier molecular flexibility index (Phi) is 4.74. The number of hydrogen-bond acceptors (Lipinski definition) is 2. The van der Waals surface area contributed by atoms with Gasteiger partial charge in [-0.05, 0) is 12.5 Å². The largest absolute Gasteiger partial charge is 0.389 e. The zero-order valence-electron chi connectivity index (χ0n) is 11.0. The second-order valence-corrected chi connectivity index (χ2v) is 5.30. The first-order valence-electron chi connectivity index (χ1n) is 6.12. The van der Waals surface area contributed by atoms with Crippen LogP contribution < -0.4 is 0 Å². The molecule has 0 bridgehead atoms. The van der Waals surface area contributed by atoms with E-state index in [0.717, 1.165) is 11.1 Å². The van der Waals surface area contributed by atoms with Crippen molar-refractivity contribution in [1.29, 1.82) is 0 Å². The van der Waals surface area contributed by atoms with Crippen LogP contribution in [0.3, 0.4) is 0 Å². The molecule has 0 saturated heterocycles. The van der Waals surface area contributed by atoms with Gasteiger partial charge in [0, 0.05) is 6.42 Å². The van der Waals surface area contributed by atoms with Crippen molar-refractivity contribution in [2.24, 2.45) is 0 Å². The van der Waals surface area contributed by atoms with Crippen molar-refractivity contribution in [3.8, 4) is 11.1 Å². The predicted molar refractivity (Wildman–Crippen MR) is 76.6 cm³/mol. The Morgan fingerprint density at radius 1 is 1.10 bits per heavy atom. The molecule has 2 rings (SSSR count). The number of nitrogens with zero attached hydrogens (tertiary/aromatic N) is 2. The normalized spacial score (nSPS) is 11.7. The molecule has 7 heteroatoms. The summed E-state index contributed by atoms with van der Waals surface area (Å²) in [6, 6.07) is 7.38. The van der Waals surface area contributed by atoms with Crippen molar-refractivity contribution < 1.29 is 13.2 Å². The van der Waals surface area contributed by atoms with Crippen LogP contribution in [0, 0.1) is 6.92 Å². The smallest absolute Gasteiger partial charge is 0.220 e. The van der Waals surface area contributed by atoms with E-state index in [1.54, 1.807) is 6.07 Å². The van der Waals surface area contributed by atoms with Crippen LogP contribution in [-0.4, -0.2) is 16.1 Å². The van der Waals surface area contributed by atoms with Crippen LogP contribution in [0.4, 0.5) is 13.2 Å². The van der Waals surface area contributed by atoms with Crippen LogP contribution in [0.5, 0.6) is 0 Å². The number of hydrogen-bond donors (Lipinski definition) is 0. The fraction of sp³-hybridized carbons (Fsp3) is 0.286. The van der Waals surface area contributed by atoms with Crippen LogP contribution in [0.2, 0.25) is 10.3 Å². The van der Waals surface area contributed by atoms with E-state index in [1.807, 2.05) is 25.1 Å². The van der Waals surface area contributed by atoms with E-state index in [0.29, 0.717) is 5.56 Å². The van der Waals surface area contributed by atoms with Crippen molar-refractivity contribution in [2.45, 2.75) is 25.9 Å². The van der Waals surface area contributed by atoms with E-state index in [1.165, 1.54) is 0 Å². The van der Waals surface area contributed by atoms with Crippen LogP contribution in [-0.2, 0) is 6.42 Å². The van der Waals surface area contributed by atoms with Crippen molar-refractivity contribution in [2.75, 3.05) is 0 Å². The van der Waals surface area contributed by atoms with Gasteiger partial charge < -0.3 is 0 Å². The Morgan fingerprint density at radius 2 is 1.71 bits per heavy atom. The molecule has 0 amide bonds. The Bertz CT molecular complexity index is 634. The average Bonchev–Trinajstić information content (AvgIpc) is 2.35. The maximum Gasteiger partial charge on any atom is 0.389 e. The van der Waals surface area contributed by atoms with Gasteiger partial charge in [0.1, 0.15) is 16.1 Å². The van der Waals surface area contributed by atoms with Gasteiger partial charge in [-0.3, -0.25) is 0 Å². The topological polar surface area (TPSA) is 25.8 Å². The fourth-order valence-corrected chi connectivity index (χ4v) is 2.49. The molecule has 0 fully saturated rings. The molecule has 1 aromatic heterocycles. The van der Waals surface area contributed by atoms with Gasteiger partial charge in [0.05, 0.1) is 12.0 Å². The minimum atomic E-state index is -4.27. The van der Waals surface area contributed by atoms with E-state index < -0.39 is 12.6 Å². The molecule has 0 aliphatic heterocycles. The minimum Gasteiger partial charge on any atom is -0.220 e. The van der Waals surface area contributed by atoms with Crippen LogP contribution in [0.25, 0.3) is 11.1 Å². The van der Waals surface area contributed by atoms with Crippen molar-refractivity contribution in [3.05, 3.63) is 46.0 Å². The third kappa shape index (κ3) is 4.32. The molecular weight excluding hydrogens is 324 g/mol. The first kappa shape index (κ1) is 16.0. The summed E-state index contributed by atoms with van der Waals surface area (Å²) in [5.41, 5.74) is 2.16. The first-order chi connectivity index (χ1) is 9.76. The highest BCUT2D eigenvalue weighted by Crippen LogP contribution is 2.33. The molecule has 1 aromatic carbocycles.